The predicted molar refractivity (Wildman–Crippen MR) is 64.3 cm³/mol. The van der Waals surface area contributed by atoms with Gasteiger partial charge < -0.3 is 5.32 Å². The molecule has 1 N–H and O–H groups in total. The summed E-state index contributed by atoms with van der Waals surface area (Å²) in [7, 11) is 0. The van der Waals surface area contributed by atoms with Crippen LogP contribution in [0.3, 0.4) is 0 Å². The van der Waals surface area contributed by atoms with Crippen molar-refractivity contribution in [3.8, 4) is 0 Å². The van der Waals surface area contributed by atoms with Crippen molar-refractivity contribution in [2.24, 2.45) is 0 Å². The Bertz CT molecular complexity index is 376. The average Bonchev–Trinajstić information content (AvgIpc) is 2.31. The molecule has 1 aromatic carbocycles. The van der Waals surface area contributed by atoms with Crippen LogP contribution < -0.4 is 5.32 Å². The molecule has 0 atom stereocenters. The molecule has 16 heavy (non-hydrogen) atoms. The van der Waals surface area contributed by atoms with E-state index in [4.69, 9.17) is 11.6 Å². The van der Waals surface area contributed by atoms with Crippen molar-refractivity contribution in [1.29, 1.82) is 0 Å². The van der Waals surface area contributed by atoms with Crippen LogP contribution in [0.2, 0.25) is 5.02 Å². The third-order valence-electron chi connectivity index (χ3n) is 3.07. The van der Waals surface area contributed by atoms with Gasteiger partial charge in [-0.1, -0.05) is 11.6 Å². The van der Waals surface area contributed by atoms with Crippen molar-refractivity contribution in [2.75, 3.05) is 26.2 Å². The molecule has 0 radical (unpaired) electrons. The van der Waals surface area contributed by atoms with Crippen LogP contribution in [-0.2, 0) is 6.54 Å². The van der Waals surface area contributed by atoms with Crippen molar-refractivity contribution in [2.45, 2.75) is 13.5 Å². The lowest BCUT2D eigenvalue weighted by Crippen LogP contribution is -2.43. The minimum absolute atomic E-state index is 0.152. The Kier molecular flexibility index (Phi) is 3.79. The summed E-state index contributed by atoms with van der Waals surface area (Å²) >= 11 is 6.01. The summed E-state index contributed by atoms with van der Waals surface area (Å²) in [5, 5.41) is 3.92. The molecule has 0 aliphatic carbocycles. The van der Waals surface area contributed by atoms with Crippen LogP contribution in [0.25, 0.3) is 0 Å². The Balaban J connectivity index is 2.16. The van der Waals surface area contributed by atoms with Gasteiger partial charge in [-0.15, -0.1) is 0 Å². The Morgan fingerprint density at radius 2 is 2.06 bits per heavy atom. The van der Waals surface area contributed by atoms with Gasteiger partial charge in [0.25, 0.3) is 0 Å². The summed E-state index contributed by atoms with van der Waals surface area (Å²) in [6, 6.07) is 3.07. The van der Waals surface area contributed by atoms with Gasteiger partial charge >= 0.3 is 0 Å². The van der Waals surface area contributed by atoms with Crippen LogP contribution in [0.4, 0.5) is 4.39 Å². The van der Waals surface area contributed by atoms with Crippen LogP contribution in [0.5, 0.6) is 0 Å². The first kappa shape index (κ1) is 11.8. The van der Waals surface area contributed by atoms with Crippen molar-refractivity contribution < 1.29 is 4.39 Å². The maximum atomic E-state index is 13.7. The first-order valence-electron chi connectivity index (χ1n) is 5.55. The normalized spacial score (nSPS) is 17.7. The first-order chi connectivity index (χ1) is 7.68. The molecule has 0 saturated carbocycles. The molecule has 2 nitrogen and oxygen atoms in total. The minimum Gasteiger partial charge on any atom is -0.314 e. The molecule has 0 bridgehead atoms. The average molecular weight is 243 g/mol. The summed E-state index contributed by atoms with van der Waals surface area (Å²) in [5.74, 6) is -0.152. The lowest BCUT2D eigenvalue weighted by molar-refractivity contribution is 0.230. The highest BCUT2D eigenvalue weighted by molar-refractivity contribution is 6.31. The summed E-state index contributed by atoms with van der Waals surface area (Å²) < 4.78 is 13.7. The number of halogens is 2. The maximum absolute atomic E-state index is 13.7. The number of hydrogen-bond donors (Lipinski definition) is 1. The second-order valence-corrected chi connectivity index (χ2v) is 4.57. The monoisotopic (exact) mass is 242 g/mol. The fraction of sp³-hybridized carbons (Fsp3) is 0.500. The highest BCUT2D eigenvalue weighted by atomic mass is 35.5. The van der Waals surface area contributed by atoms with Gasteiger partial charge in [0.05, 0.1) is 0 Å². The predicted octanol–water partition coefficient (Wildman–Crippen LogP) is 2.19. The number of rotatable bonds is 2. The minimum atomic E-state index is -0.152. The molecule has 1 aliphatic rings. The van der Waals surface area contributed by atoms with E-state index in [1.807, 2.05) is 6.92 Å². The molecule has 1 aromatic rings. The fourth-order valence-corrected chi connectivity index (χ4v) is 2.16. The quantitative estimate of drug-likeness (QED) is 0.856. The van der Waals surface area contributed by atoms with Gasteiger partial charge in [0.2, 0.25) is 0 Å². The smallest absolute Gasteiger partial charge is 0.128 e. The van der Waals surface area contributed by atoms with Gasteiger partial charge in [-0.2, -0.15) is 0 Å². The molecule has 2 rings (SSSR count). The molecule has 0 spiro atoms. The molecule has 1 aliphatic heterocycles. The summed E-state index contributed by atoms with van der Waals surface area (Å²) in [4.78, 5) is 2.25. The molecular formula is C12H16ClFN2. The Labute approximate surface area is 100 Å². The van der Waals surface area contributed by atoms with Crippen LogP contribution in [0.15, 0.2) is 12.1 Å². The van der Waals surface area contributed by atoms with E-state index in [0.29, 0.717) is 11.6 Å². The number of nitrogens with one attached hydrogen (secondary N) is 1. The largest absolute Gasteiger partial charge is 0.314 e. The van der Waals surface area contributed by atoms with E-state index < -0.39 is 0 Å². The van der Waals surface area contributed by atoms with Crippen molar-refractivity contribution in [3.05, 3.63) is 34.1 Å². The van der Waals surface area contributed by atoms with Gasteiger partial charge in [0.15, 0.2) is 0 Å². The SMILES string of the molecule is Cc1c(Cl)ccc(F)c1CN1CCNCC1. The fourth-order valence-electron chi connectivity index (χ4n) is 1.98. The van der Waals surface area contributed by atoms with Crippen LogP contribution >= 0.6 is 11.6 Å². The first-order valence-corrected chi connectivity index (χ1v) is 5.93. The number of hydrogen-bond acceptors (Lipinski definition) is 2. The number of nitrogens with zero attached hydrogens (tertiary/aromatic N) is 1. The van der Waals surface area contributed by atoms with Gasteiger partial charge in [-0.25, -0.2) is 4.39 Å². The van der Waals surface area contributed by atoms with Crippen molar-refractivity contribution in [3.63, 3.8) is 0 Å². The van der Waals surface area contributed by atoms with Gasteiger partial charge in [0.1, 0.15) is 5.82 Å². The molecule has 1 heterocycles. The molecular weight excluding hydrogens is 227 g/mol. The van der Waals surface area contributed by atoms with Crippen LogP contribution in [-0.4, -0.2) is 31.1 Å². The molecule has 4 heteroatoms. The van der Waals surface area contributed by atoms with E-state index in [9.17, 15) is 4.39 Å². The highest BCUT2D eigenvalue weighted by Gasteiger charge is 2.15. The van der Waals surface area contributed by atoms with E-state index in [1.165, 1.54) is 6.07 Å². The topological polar surface area (TPSA) is 15.3 Å². The van der Waals surface area contributed by atoms with Gasteiger partial charge in [-0.3, -0.25) is 4.90 Å². The Morgan fingerprint density at radius 1 is 1.38 bits per heavy atom. The molecule has 1 fully saturated rings. The van der Waals surface area contributed by atoms with Crippen LogP contribution in [0.1, 0.15) is 11.1 Å². The third-order valence-corrected chi connectivity index (χ3v) is 3.48. The summed E-state index contributed by atoms with van der Waals surface area (Å²) in [6.45, 7) is 6.40. The molecule has 1 saturated heterocycles. The van der Waals surface area contributed by atoms with E-state index >= 15 is 0 Å². The van der Waals surface area contributed by atoms with E-state index in [2.05, 4.69) is 10.2 Å². The Morgan fingerprint density at radius 3 is 2.75 bits per heavy atom. The molecule has 0 aromatic heterocycles. The Hall–Kier alpha value is -0.640. The molecule has 88 valence electrons. The standard InChI is InChI=1S/C12H16ClFN2/c1-9-10(12(14)3-2-11(9)13)8-16-6-4-15-5-7-16/h2-3,15H,4-8H2,1H3. The zero-order valence-electron chi connectivity index (χ0n) is 9.39. The zero-order valence-corrected chi connectivity index (χ0v) is 10.1. The maximum Gasteiger partial charge on any atom is 0.128 e. The zero-order chi connectivity index (χ0) is 11.5. The summed E-state index contributed by atoms with van der Waals surface area (Å²) in [5.41, 5.74) is 1.59. The lowest BCUT2D eigenvalue weighted by atomic mass is 10.1. The van der Waals surface area contributed by atoms with Crippen molar-refractivity contribution in [1.82, 2.24) is 10.2 Å². The molecule has 0 amide bonds. The highest BCUT2D eigenvalue weighted by Crippen LogP contribution is 2.23. The van der Waals surface area contributed by atoms with Gasteiger partial charge in [0, 0.05) is 43.3 Å². The van der Waals surface area contributed by atoms with E-state index in [-0.39, 0.29) is 5.82 Å². The van der Waals surface area contributed by atoms with E-state index in [1.54, 1.807) is 6.07 Å². The van der Waals surface area contributed by atoms with Crippen molar-refractivity contribution >= 4 is 11.6 Å². The van der Waals surface area contributed by atoms with Gasteiger partial charge in [-0.05, 0) is 24.6 Å². The van der Waals surface area contributed by atoms with E-state index in [0.717, 1.165) is 37.3 Å². The molecule has 0 unspecified atom stereocenters. The lowest BCUT2D eigenvalue weighted by Gasteiger charge is -2.28. The number of benzene rings is 1. The third kappa shape index (κ3) is 2.54. The second kappa shape index (κ2) is 5.13. The second-order valence-electron chi connectivity index (χ2n) is 4.16. The summed E-state index contributed by atoms with van der Waals surface area (Å²) in [6.07, 6.45) is 0. The number of piperazine rings is 1. The van der Waals surface area contributed by atoms with Crippen LogP contribution in [0, 0.1) is 12.7 Å².